The fourth-order valence-corrected chi connectivity index (χ4v) is 4.09. The molecule has 1 aliphatic rings. The molecule has 1 fully saturated rings. The predicted molar refractivity (Wildman–Crippen MR) is 133 cm³/mol. The van der Waals surface area contributed by atoms with Gasteiger partial charge in [-0.25, -0.2) is 9.78 Å². The number of rotatable bonds is 7. The number of amides is 3. The van der Waals surface area contributed by atoms with Gasteiger partial charge in [0.15, 0.2) is 0 Å². The van der Waals surface area contributed by atoms with Crippen molar-refractivity contribution in [3.63, 3.8) is 0 Å². The number of aromatic nitrogens is 2. The zero-order valence-electron chi connectivity index (χ0n) is 18.7. The molecule has 0 aliphatic carbocycles. The van der Waals surface area contributed by atoms with Crippen LogP contribution in [0, 0.1) is 5.92 Å². The number of carbonyl (C=O) groups excluding carboxylic acids is 2. The molecular weight excluding hydrogens is 452 g/mol. The van der Waals surface area contributed by atoms with E-state index in [2.05, 4.69) is 30.8 Å². The summed E-state index contributed by atoms with van der Waals surface area (Å²) in [4.78, 5) is 36.1. The van der Waals surface area contributed by atoms with Gasteiger partial charge in [0.25, 0.3) is 0 Å². The van der Waals surface area contributed by atoms with E-state index in [1.54, 1.807) is 24.5 Å². The number of hydrogen-bond acceptors (Lipinski definition) is 5. The second kappa shape index (κ2) is 11.5. The lowest BCUT2D eigenvalue weighted by Crippen LogP contribution is -2.44. The Bertz CT molecular complexity index is 1070. The number of carbonyl (C=O) groups is 2. The molecule has 3 N–H and O–H groups in total. The first-order chi connectivity index (χ1) is 16.6. The third-order valence-electron chi connectivity index (χ3n) is 5.85. The van der Waals surface area contributed by atoms with Crippen molar-refractivity contribution < 1.29 is 9.59 Å². The highest BCUT2D eigenvalue weighted by molar-refractivity contribution is 6.30. The van der Waals surface area contributed by atoms with E-state index in [0.29, 0.717) is 28.9 Å². The van der Waals surface area contributed by atoms with Gasteiger partial charge in [0.1, 0.15) is 11.9 Å². The zero-order chi connectivity index (χ0) is 23.8. The van der Waals surface area contributed by atoms with Gasteiger partial charge in [-0.2, -0.15) is 0 Å². The Hall–Kier alpha value is -3.65. The number of halogens is 1. The number of nitrogens with zero attached hydrogens (tertiary/aromatic N) is 3. The summed E-state index contributed by atoms with van der Waals surface area (Å²) in [7, 11) is 0. The summed E-state index contributed by atoms with van der Waals surface area (Å²) in [6.07, 6.45) is 7.01. The van der Waals surface area contributed by atoms with E-state index in [0.717, 1.165) is 25.9 Å². The van der Waals surface area contributed by atoms with Crippen LogP contribution in [0.25, 0.3) is 0 Å². The first kappa shape index (κ1) is 23.5. The van der Waals surface area contributed by atoms with E-state index < -0.39 is 12.1 Å². The third kappa shape index (κ3) is 6.45. The molecule has 4 rings (SSSR count). The van der Waals surface area contributed by atoms with Gasteiger partial charge >= 0.3 is 6.03 Å². The smallest absolute Gasteiger partial charge is 0.321 e. The fourth-order valence-electron chi connectivity index (χ4n) is 3.98. The predicted octanol–water partition coefficient (Wildman–Crippen LogP) is 4.03. The number of hydrogen-bond donors (Lipinski definition) is 3. The Labute approximate surface area is 203 Å². The average molecular weight is 479 g/mol. The molecule has 0 radical (unpaired) electrons. The lowest BCUT2D eigenvalue weighted by atomic mass is 9.96. The molecule has 3 heterocycles. The van der Waals surface area contributed by atoms with E-state index in [1.807, 2.05) is 42.5 Å². The van der Waals surface area contributed by atoms with E-state index >= 15 is 0 Å². The van der Waals surface area contributed by atoms with Crippen LogP contribution in [0.1, 0.15) is 24.4 Å². The number of piperidine rings is 1. The molecule has 2 aromatic heterocycles. The molecule has 9 heteroatoms. The molecule has 34 heavy (non-hydrogen) atoms. The maximum atomic E-state index is 13.1. The van der Waals surface area contributed by atoms with Crippen LogP contribution in [0.5, 0.6) is 0 Å². The largest absolute Gasteiger partial charge is 0.371 e. The minimum atomic E-state index is -0.828. The highest BCUT2D eigenvalue weighted by atomic mass is 35.5. The molecule has 176 valence electrons. The number of anilines is 2. The second-order valence-electron chi connectivity index (χ2n) is 8.18. The third-order valence-corrected chi connectivity index (χ3v) is 6.07. The van der Waals surface area contributed by atoms with E-state index in [4.69, 9.17) is 11.6 Å². The summed E-state index contributed by atoms with van der Waals surface area (Å²) in [6.45, 7) is 2.43. The molecule has 0 saturated carbocycles. The summed E-state index contributed by atoms with van der Waals surface area (Å²) in [6, 6.07) is 15.1. The van der Waals surface area contributed by atoms with E-state index in [9.17, 15) is 9.59 Å². The van der Waals surface area contributed by atoms with Gasteiger partial charge in [0.05, 0.1) is 5.02 Å². The summed E-state index contributed by atoms with van der Waals surface area (Å²) < 4.78 is 0. The lowest BCUT2D eigenvalue weighted by molar-refractivity contribution is -0.123. The van der Waals surface area contributed by atoms with Crippen molar-refractivity contribution in [1.82, 2.24) is 20.6 Å². The topological polar surface area (TPSA) is 99.2 Å². The molecule has 8 nitrogen and oxygen atoms in total. The van der Waals surface area contributed by atoms with Crippen molar-refractivity contribution in [2.24, 2.45) is 5.92 Å². The van der Waals surface area contributed by atoms with Gasteiger partial charge in [-0.05, 0) is 48.6 Å². The molecule has 1 aromatic carbocycles. The van der Waals surface area contributed by atoms with Crippen LogP contribution in [0.15, 0.2) is 73.2 Å². The van der Waals surface area contributed by atoms with Crippen LogP contribution in [0.2, 0.25) is 5.02 Å². The number of urea groups is 1. The van der Waals surface area contributed by atoms with Gasteiger partial charge in [0.2, 0.25) is 5.91 Å². The zero-order valence-corrected chi connectivity index (χ0v) is 19.4. The Morgan fingerprint density at radius 2 is 1.76 bits per heavy atom. The number of benzene rings is 1. The van der Waals surface area contributed by atoms with Crippen molar-refractivity contribution in [2.45, 2.75) is 18.9 Å². The summed E-state index contributed by atoms with van der Waals surface area (Å²) >= 11 is 5.84. The van der Waals surface area contributed by atoms with Gasteiger partial charge in [-0.1, -0.05) is 41.9 Å². The van der Waals surface area contributed by atoms with E-state index in [1.165, 1.54) is 11.9 Å². The van der Waals surface area contributed by atoms with E-state index in [-0.39, 0.29) is 5.91 Å². The highest BCUT2D eigenvalue weighted by Gasteiger charge is 2.25. The van der Waals surface area contributed by atoms with Crippen molar-refractivity contribution >= 4 is 35.0 Å². The first-order valence-corrected chi connectivity index (χ1v) is 11.6. The minimum Gasteiger partial charge on any atom is -0.371 e. The van der Waals surface area contributed by atoms with Gasteiger partial charge in [-0.15, -0.1) is 0 Å². The maximum absolute atomic E-state index is 13.1. The second-order valence-corrected chi connectivity index (χ2v) is 8.62. The lowest BCUT2D eigenvalue weighted by Gasteiger charge is -2.33. The van der Waals surface area contributed by atoms with Crippen molar-refractivity contribution in [2.75, 3.05) is 29.9 Å². The summed E-state index contributed by atoms with van der Waals surface area (Å²) in [5.41, 5.74) is 1.87. The quantitative estimate of drug-likeness (QED) is 0.476. The molecule has 3 amide bonds. The average Bonchev–Trinajstić information content (AvgIpc) is 2.88. The van der Waals surface area contributed by atoms with Crippen LogP contribution < -0.4 is 20.9 Å². The molecule has 0 bridgehead atoms. The Balaban J connectivity index is 1.33. The minimum absolute atomic E-state index is 0.248. The normalized spacial score (nSPS) is 14.8. The monoisotopic (exact) mass is 478 g/mol. The highest BCUT2D eigenvalue weighted by Crippen LogP contribution is 2.22. The van der Waals surface area contributed by atoms with Crippen LogP contribution in [0.4, 0.5) is 16.3 Å². The first-order valence-electron chi connectivity index (χ1n) is 11.2. The number of nitrogens with one attached hydrogen (secondary N) is 3. The Morgan fingerprint density at radius 3 is 2.44 bits per heavy atom. The van der Waals surface area contributed by atoms with Crippen LogP contribution >= 0.6 is 11.6 Å². The van der Waals surface area contributed by atoms with Crippen LogP contribution in [0.3, 0.4) is 0 Å². The van der Waals surface area contributed by atoms with Crippen molar-refractivity contribution in [1.29, 1.82) is 0 Å². The SMILES string of the molecule is O=C(Nc1ccc(Cl)cn1)N[C@@H](C(=O)NCC1CCN(c2ccncc2)CC1)c1ccccc1. The van der Waals surface area contributed by atoms with Gasteiger partial charge in [-0.3, -0.25) is 15.1 Å². The van der Waals surface area contributed by atoms with Gasteiger partial charge < -0.3 is 15.5 Å². The van der Waals surface area contributed by atoms with Crippen molar-refractivity contribution in [3.05, 3.63) is 83.8 Å². The molecule has 3 aromatic rings. The van der Waals surface area contributed by atoms with Crippen LogP contribution in [-0.4, -0.2) is 41.5 Å². The van der Waals surface area contributed by atoms with Crippen molar-refractivity contribution in [3.8, 4) is 0 Å². The Kier molecular flexibility index (Phi) is 7.93. The molecule has 1 atom stereocenters. The molecule has 0 unspecified atom stereocenters. The molecule has 1 saturated heterocycles. The Morgan fingerprint density at radius 1 is 1.03 bits per heavy atom. The maximum Gasteiger partial charge on any atom is 0.321 e. The standard InChI is InChI=1S/C25H27ClN6O2/c26-20-6-7-22(28-17-20)30-25(34)31-23(19-4-2-1-3-5-19)24(33)29-16-18-10-14-32(15-11-18)21-8-12-27-13-9-21/h1-9,12-13,17-18,23H,10-11,14-16H2,(H,29,33)(H2,28,30,31,34)/t23-/m1/s1. The molecule has 1 aliphatic heterocycles. The fraction of sp³-hybridized carbons (Fsp3) is 0.280. The summed E-state index contributed by atoms with van der Waals surface area (Å²) in [5.74, 6) is 0.475. The van der Waals surface area contributed by atoms with Crippen LogP contribution in [-0.2, 0) is 4.79 Å². The number of pyridine rings is 2. The molecule has 0 spiro atoms. The summed E-state index contributed by atoms with van der Waals surface area (Å²) in [5, 5.41) is 8.91. The van der Waals surface area contributed by atoms with Gasteiger partial charge in [0, 0.05) is 43.9 Å². The molecular formula is C25H27ClN6O2.